The van der Waals surface area contributed by atoms with Gasteiger partial charge in [0.05, 0.1) is 25.4 Å². The second-order valence-electron chi connectivity index (χ2n) is 6.19. The van der Waals surface area contributed by atoms with Crippen LogP contribution in [0.4, 0.5) is 0 Å². The van der Waals surface area contributed by atoms with E-state index < -0.39 is 54.9 Å². The number of aliphatic imine (C=N–C) groups is 1. The van der Waals surface area contributed by atoms with Crippen molar-refractivity contribution in [1.29, 1.82) is 0 Å². The highest BCUT2D eigenvalue weighted by molar-refractivity contribution is 5.92. The largest absolute Gasteiger partial charge is 0.481 e. The molecule has 2 atom stereocenters. The van der Waals surface area contributed by atoms with E-state index in [0.29, 0.717) is 6.42 Å². The highest BCUT2D eigenvalue weighted by Crippen LogP contribution is 2.13. The van der Waals surface area contributed by atoms with Crippen LogP contribution in [-0.4, -0.2) is 65.2 Å². The molecule has 0 aliphatic rings. The van der Waals surface area contributed by atoms with E-state index in [1.54, 1.807) is 0 Å². The van der Waals surface area contributed by atoms with E-state index in [0.717, 1.165) is 0 Å². The standard InChI is InChI=1S/C16H27N5O7/c17-7-11(22)4-9(2-1-3-20-16(18)19)14(26)21-8-12(23)5-10(15(27)28)6-13(24)25/h9-10H,1-8,17H2,(H,21,26)(H,24,25)(H,27,28)(H4,18,19,20). The van der Waals surface area contributed by atoms with Crippen molar-refractivity contribution in [1.82, 2.24) is 5.32 Å². The minimum Gasteiger partial charge on any atom is -0.481 e. The number of guanidine groups is 1. The highest BCUT2D eigenvalue weighted by Gasteiger charge is 2.25. The molecule has 12 nitrogen and oxygen atoms in total. The predicted octanol–water partition coefficient (Wildman–Crippen LogP) is -2.17. The van der Waals surface area contributed by atoms with Crippen LogP contribution in [0.3, 0.4) is 0 Å². The zero-order valence-corrected chi connectivity index (χ0v) is 15.4. The first-order valence-electron chi connectivity index (χ1n) is 8.57. The molecule has 0 aliphatic heterocycles. The van der Waals surface area contributed by atoms with Gasteiger partial charge in [-0.05, 0) is 12.8 Å². The number of carboxylic acid groups (broad SMARTS) is 2. The van der Waals surface area contributed by atoms with Gasteiger partial charge < -0.3 is 32.7 Å². The fraction of sp³-hybridized carbons (Fsp3) is 0.625. The number of hydrogen-bond acceptors (Lipinski definition) is 7. The number of Topliss-reactive ketones (excluding diaryl/α,β-unsaturated/α-hetero) is 2. The summed E-state index contributed by atoms with van der Waals surface area (Å²) in [6.45, 7) is -0.438. The van der Waals surface area contributed by atoms with Gasteiger partial charge in [-0.2, -0.15) is 0 Å². The first-order chi connectivity index (χ1) is 13.1. The van der Waals surface area contributed by atoms with Crippen LogP contribution in [0.15, 0.2) is 4.99 Å². The molecule has 9 N–H and O–H groups in total. The molecule has 12 heteroatoms. The molecule has 0 saturated heterocycles. The Hall–Kier alpha value is -3.02. The van der Waals surface area contributed by atoms with Crippen LogP contribution in [0, 0.1) is 11.8 Å². The van der Waals surface area contributed by atoms with Gasteiger partial charge in [-0.25, -0.2) is 0 Å². The Morgan fingerprint density at radius 1 is 0.929 bits per heavy atom. The zero-order chi connectivity index (χ0) is 21.7. The number of nitrogens with zero attached hydrogens (tertiary/aromatic N) is 1. The van der Waals surface area contributed by atoms with E-state index in [1.807, 2.05) is 0 Å². The van der Waals surface area contributed by atoms with Crippen molar-refractivity contribution < 1.29 is 34.2 Å². The minimum absolute atomic E-state index is 0.0982. The molecule has 0 aromatic heterocycles. The number of carbonyl (C=O) groups is 5. The maximum Gasteiger partial charge on any atom is 0.307 e. The summed E-state index contributed by atoms with van der Waals surface area (Å²) >= 11 is 0. The number of nitrogens with two attached hydrogens (primary N) is 3. The summed E-state index contributed by atoms with van der Waals surface area (Å²) < 4.78 is 0. The smallest absolute Gasteiger partial charge is 0.307 e. The van der Waals surface area contributed by atoms with Crippen molar-refractivity contribution in [2.45, 2.75) is 32.1 Å². The van der Waals surface area contributed by atoms with Gasteiger partial charge in [0.2, 0.25) is 5.91 Å². The Bertz CT molecular complexity index is 617. The fourth-order valence-corrected chi connectivity index (χ4v) is 2.36. The summed E-state index contributed by atoms with van der Waals surface area (Å²) in [5.74, 6) is -6.50. The molecular weight excluding hydrogens is 374 g/mol. The van der Waals surface area contributed by atoms with Crippen molar-refractivity contribution in [2.24, 2.45) is 34.0 Å². The van der Waals surface area contributed by atoms with Crippen LogP contribution in [0.2, 0.25) is 0 Å². The van der Waals surface area contributed by atoms with Gasteiger partial charge in [-0.1, -0.05) is 0 Å². The van der Waals surface area contributed by atoms with Crippen molar-refractivity contribution in [3.8, 4) is 0 Å². The minimum atomic E-state index is -1.41. The van der Waals surface area contributed by atoms with Crippen molar-refractivity contribution in [3.05, 3.63) is 0 Å². The number of amides is 1. The van der Waals surface area contributed by atoms with Crippen molar-refractivity contribution in [2.75, 3.05) is 19.6 Å². The number of ketones is 2. The predicted molar refractivity (Wildman–Crippen MR) is 98.1 cm³/mol. The lowest BCUT2D eigenvalue weighted by Crippen LogP contribution is -2.37. The number of aliphatic carboxylic acids is 2. The molecule has 0 aromatic carbocycles. The number of carbonyl (C=O) groups excluding carboxylic acids is 3. The second-order valence-corrected chi connectivity index (χ2v) is 6.19. The van der Waals surface area contributed by atoms with Crippen LogP contribution in [0.25, 0.3) is 0 Å². The summed E-state index contributed by atoms with van der Waals surface area (Å²) in [6.07, 6.45) is -0.651. The highest BCUT2D eigenvalue weighted by atomic mass is 16.4. The molecule has 0 aromatic rings. The molecule has 0 heterocycles. The lowest BCUT2D eigenvalue weighted by atomic mass is 9.95. The maximum atomic E-state index is 12.3. The Labute approximate surface area is 161 Å². The number of carboxylic acids is 2. The lowest BCUT2D eigenvalue weighted by molar-refractivity contribution is -0.149. The van der Waals surface area contributed by atoms with E-state index in [4.69, 9.17) is 27.4 Å². The Morgan fingerprint density at radius 2 is 1.54 bits per heavy atom. The molecule has 2 unspecified atom stereocenters. The molecule has 0 spiro atoms. The summed E-state index contributed by atoms with van der Waals surface area (Å²) in [5.41, 5.74) is 15.7. The van der Waals surface area contributed by atoms with E-state index >= 15 is 0 Å². The average Bonchev–Trinajstić information content (AvgIpc) is 2.60. The molecule has 0 fully saturated rings. The summed E-state index contributed by atoms with van der Waals surface area (Å²) in [7, 11) is 0. The Morgan fingerprint density at radius 3 is 2.04 bits per heavy atom. The molecule has 28 heavy (non-hydrogen) atoms. The van der Waals surface area contributed by atoms with E-state index in [2.05, 4.69) is 10.3 Å². The summed E-state index contributed by atoms with van der Waals surface area (Å²) in [4.78, 5) is 61.1. The monoisotopic (exact) mass is 401 g/mol. The van der Waals surface area contributed by atoms with Crippen molar-refractivity contribution >= 4 is 35.4 Å². The summed E-state index contributed by atoms with van der Waals surface area (Å²) in [6, 6.07) is 0. The van der Waals surface area contributed by atoms with Gasteiger partial charge in [0.15, 0.2) is 11.7 Å². The van der Waals surface area contributed by atoms with Gasteiger partial charge in [0.25, 0.3) is 0 Å². The lowest BCUT2D eigenvalue weighted by Gasteiger charge is -2.16. The molecule has 0 aliphatic carbocycles. The zero-order valence-electron chi connectivity index (χ0n) is 15.4. The van der Waals surface area contributed by atoms with E-state index in [1.165, 1.54) is 0 Å². The van der Waals surface area contributed by atoms with Crippen LogP contribution < -0.4 is 22.5 Å². The number of nitrogens with one attached hydrogen (secondary N) is 1. The molecule has 0 radical (unpaired) electrons. The fourth-order valence-electron chi connectivity index (χ4n) is 2.36. The van der Waals surface area contributed by atoms with Gasteiger partial charge in [-0.15, -0.1) is 0 Å². The Balaban J connectivity index is 4.70. The van der Waals surface area contributed by atoms with Gasteiger partial charge >= 0.3 is 11.9 Å². The first-order valence-corrected chi connectivity index (χ1v) is 8.57. The summed E-state index contributed by atoms with van der Waals surface area (Å²) in [5, 5.41) is 20.0. The van der Waals surface area contributed by atoms with Gasteiger partial charge in [0.1, 0.15) is 5.78 Å². The van der Waals surface area contributed by atoms with Crippen LogP contribution in [0.1, 0.15) is 32.1 Å². The van der Waals surface area contributed by atoms with Gasteiger partial charge in [0, 0.05) is 25.3 Å². The maximum absolute atomic E-state index is 12.3. The van der Waals surface area contributed by atoms with E-state index in [-0.39, 0.29) is 37.7 Å². The van der Waals surface area contributed by atoms with Crippen LogP contribution in [0.5, 0.6) is 0 Å². The molecule has 158 valence electrons. The van der Waals surface area contributed by atoms with E-state index in [9.17, 15) is 24.0 Å². The third-order valence-corrected chi connectivity index (χ3v) is 3.78. The third kappa shape index (κ3) is 11.6. The number of hydrogen-bond donors (Lipinski definition) is 6. The SMILES string of the molecule is NCC(=O)CC(CCCN=C(N)N)C(=O)NCC(=O)CC(CC(=O)O)C(=O)O. The van der Waals surface area contributed by atoms with Crippen LogP contribution in [-0.2, 0) is 24.0 Å². The second kappa shape index (κ2) is 13.2. The molecule has 0 bridgehead atoms. The van der Waals surface area contributed by atoms with Gasteiger partial charge in [-0.3, -0.25) is 29.0 Å². The average molecular weight is 401 g/mol. The molecular formula is C16H27N5O7. The Kier molecular flexibility index (Phi) is 11.8. The molecule has 0 rings (SSSR count). The molecule has 1 amide bonds. The quantitative estimate of drug-likeness (QED) is 0.0987. The number of rotatable bonds is 15. The third-order valence-electron chi connectivity index (χ3n) is 3.78. The topological polar surface area (TPSA) is 228 Å². The van der Waals surface area contributed by atoms with Crippen LogP contribution >= 0.6 is 0 Å². The first kappa shape index (κ1) is 25.0. The molecule has 0 saturated carbocycles. The normalized spacial score (nSPS) is 12.5. The van der Waals surface area contributed by atoms with Crippen molar-refractivity contribution in [3.63, 3.8) is 0 Å².